The summed E-state index contributed by atoms with van der Waals surface area (Å²) in [6, 6.07) is 4.71. The Hall–Kier alpha value is -2.72. The molecule has 0 bridgehead atoms. The van der Waals surface area contributed by atoms with Gasteiger partial charge in [0.15, 0.2) is 11.5 Å². The highest BCUT2D eigenvalue weighted by atomic mass is 32.2. The first-order valence-corrected chi connectivity index (χ1v) is 11.1. The first-order valence-electron chi connectivity index (χ1n) is 9.70. The molecule has 0 radical (unpaired) electrons. The lowest BCUT2D eigenvalue weighted by atomic mass is 9.89. The fourth-order valence-corrected chi connectivity index (χ4v) is 4.45. The van der Waals surface area contributed by atoms with Crippen LogP contribution in [0.4, 0.5) is 17.5 Å². The molecular weight excluding hydrogens is 392 g/mol. The van der Waals surface area contributed by atoms with Crippen molar-refractivity contribution in [3.63, 3.8) is 0 Å². The van der Waals surface area contributed by atoms with Gasteiger partial charge in [0.05, 0.1) is 12.0 Å². The molecule has 1 fully saturated rings. The highest BCUT2D eigenvalue weighted by Gasteiger charge is 2.19. The molecule has 0 aliphatic heterocycles. The number of rotatable bonds is 6. The van der Waals surface area contributed by atoms with Crippen LogP contribution in [0.25, 0.3) is 11.2 Å². The van der Waals surface area contributed by atoms with E-state index in [4.69, 9.17) is 0 Å². The molecule has 2 aromatic heterocycles. The Bertz CT molecular complexity index is 1120. The minimum atomic E-state index is -4.40. The molecule has 2 heterocycles. The molecule has 10 heteroatoms. The Morgan fingerprint density at radius 3 is 2.76 bits per heavy atom. The van der Waals surface area contributed by atoms with Gasteiger partial charge in [-0.05, 0) is 43.4 Å². The van der Waals surface area contributed by atoms with Crippen molar-refractivity contribution in [1.82, 2.24) is 19.9 Å². The van der Waals surface area contributed by atoms with Crippen LogP contribution in [0.1, 0.15) is 37.7 Å². The van der Waals surface area contributed by atoms with E-state index in [9.17, 15) is 13.0 Å². The number of hydrogen-bond acceptors (Lipinski definition) is 7. The van der Waals surface area contributed by atoms with Gasteiger partial charge < -0.3 is 15.6 Å². The van der Waals surface area contributed by atoms with Crippen molar-refractivity contribution >= 4 is 38.7 Å². The largest absolute Gasteiger partial charge is 0.368 e. The fourth-order valence-electron chi connectivity index (χ4n) is 3.72. The van der Waals surface area contributed by atoms with Gasteiger partial charge in [-0.3, -0.25) is 4.55 Å². The zero-order valence-corrected chi connectivity index (χ0v) is 17.0. The predicted molar refractivity (Wildman–Crippen MR) is 111 cm³/mol. The second-order valence-electron chi connectivity index (χ2n) is 7.48. The summed E-state index contributed by atoms with van der Waals surface area (Å²) in [5.74, 6) is 1.42. The van der Waals surface area contributed by atoms with Gasteiger partial charge in [0.1, 0.15) is 10.4 Å². The second-order valence-corrected chi connectivity index (χ2v) is 8.87. The van der Waals surface area contributed by atoms with Crippen LogP contribution in [0.15, 0.2) is 29.4 Å². The smallest absolute Gasteiger partial charge is 0.296 e. The number of nitrogens with one attached hydrogen (secondary N) is 3. The summed E-state index contributed by atoms with van der Waals surface area (Å²) in [4.78, 5) is 15.9. The third kappa shape index (κ3) is 4.48. The lowest BCUT2D eigenvalue weighted by Crippen LogP contribution is -2.18. The van der Waals surface area contributed by atoms with Gasteiger partial charge in [-0.1, -0.05) is 25.3 Å². The molecule has 4 rings (SSSR count). The molecule has 0 unspecified atom stereocenters. The molecule has 1 aliphatic carbocycles. The van der Waals surface area contributed by atoms with Crippen molar-refractivity contribution in [2.75, 3.05) is 17.2 Å². The number of H-pyrrole nitrogens is 1. The molecule has 0 saturated heterocycles. The minimum Gasteiger partial charge on any atom is -0.368 e. The van der Waals surface area contributed by atoms with Crippen molar-refractivity contribution in [1.29, 1.82) is 0 Å². The van der Waals surface area contributed by atoms with E-state index in [0.717, 1.165) is 6.54 Å². The van der Waals surface area contributed by atoms with Crippen LogP contribution in [-0.4, -0.2) is 39.5 Å². The van der Waals surface area contributed by atoms with E-state index >= 15 is 0 Å². The number of aromatic amines is 1. The van der Waals surface area contributed by atoms with Crippen LogP contribution in [0.5, 0.6) is 0 Å². The highest BCUT2D eigenvalue weighted by molar-refractivity contribution is 7.86. The van der Waals surface area contributed by atoms with E-state index in [0.29, 0.717) is 28.5 Å². The average molecular weight is 417 g/mol. The Morgan fingerprint density at radius 1 is 1.21 bits per heavy atom. The molecule has 1 saturated carbocycles. The van der Waals surface area contributed by atoms with E-state index < -0.39 is 10.1 Å². The Morgan fingerprint density at radius 2 is 2.00 bits per heavy atom. The van der Waals surface area contributed by atoms with Gasteiger partial charge in [-0.15, -0.1) is 0 Å². The van der Waals surface area contributed by atoms with Crippen molar-refractivity contribution in [3.05, 3.63) is 30.1 Å². The molecule has 0 amide bonds. The molecule has 29 heavy (non-hydrogen) atoms. The average Bonchev–Trinajstić information content (AvgIpc) is 3.16. The summed E-state index contributed by atoms with van der Waals surface area (Å²) in [6.07, 6.45) is 7.77. The monoisotopic (exact) mass is 416 g/mol. The molecule has 4 N–H and O–H groups in total. The third-order valence-electron chi connectivity index (χ3n) is 5.23. The van der Waals surface area contributed by atoms with Crippen LogP contribution in [0.3, 0.4) is 0 Å². The first kappa shape index (κ1) is 19.6. The second kappa shape index (κ2) is 7.96. The molecule has 9 nitrogen and oxygen atoms in total. The maximum absolute atomic E-state index is 11.8. The normalized spacial score (nSPS) is 15.5. The van der Waals surface area contributed by atoms with Crippen molar-refractivity contribution in [3.8, 4) is 0 Å². The van der Waals surface area contributed by atoms with E-state index in [1.54, 1.807) is 25.4 Å². The van der Waals surface area contributed by atoms with Crippen molar-refractivity contribution in [2.24, 2.45) is 5.92 Å². The Kier molecular flexibility index (Phi) is 5.37. The maximum Gasteiger partial charge on any atom is 0.296 e. The minimum absolute atomic E-state index is 0.199. The summed E-state index contributed by atoms with van der Waals surface area (Å²) in [5, 5.41) is 6.30. The molecule has 0 spiro atoms. The van der Waals surface area contributed by atoms with E-state index in [2.05, 4.69) is 30.6 Å². The van der Waals surface area contributed by atoms with Crippen LogP contribution in [0, 0.1) is 12.8 Å². The SMILES string of the molecule is Cc1ccc(Nc2nc(NCC3CCCCC3)c3[nH]cnc3n2)c(S(=O)(=O)O)c1. The Balaban J connectivity index is 1.63. The van der Waals surface area contributed by atoms with Gasteiger partial charge >= 0.3 is 0 Å². The number of anilines is 3. The topological polar surface area (TPSA) is 133 Å². The molecule has 0 atom stereocenters. The highest BCUT2D eigenvalue weighted by Crippen LogP contribution is 2.28. The lowest BCUT2D eigenvalue weighted by molar-refractivity contribution is 0.373. The van der Waals surface area contributed by atoms with E-state index in [1.165, 1.54) is 38.2 Å². The van der Waals surface area contributed by atoms with E-state index in [1.807, 2.05) is 0 Å². The number of hydrogen-bond donors (Lipinski definition) is 4. The Labute approximate surface area is 169 Å². The lowest BCUT2D eigenvalue weighted by Gasteiger charge is -2.22. The number of aromatic nitrogens is 4. The number of fused-ring (bicyclic) bond motifs is 1. The van der Waals surface area contributed by atoms with Crippen LogP contribution >= 0.6 is 0 Å². The van der Waals surface area contributed by atoms with Gasteiger partial charge in [0.25, 0.3) is 10.1 Å². The van der Waals surface area contributed by atoms with E-state index in [-0.39, 0.29) is 16.5 Å². The molecule has 1 aliphatic rings. The van der Waals surface area contributed by atoms with Crippen LogP contribution < -0.4 is 10.6 Å². The summed E-state index contributed by atoms with van der Waals surface area (Å²) in [6.45, 7) is 2.56. The first-order chi connectivity index (χ1) is 13.9. The zero-order chi connectivity index (χ0) is 20.4. The number of imidazole rings is 1. The summed E-state index contributed by atoms with van der Waals surface area (Å²) in [7, 11) is -4.40. The molecule has 3 aromatic rings. The van der Waals surface area contributed by atoms with Gasteiger partial charge in [0, 0.05) is 6.54 Å². The van der Waals surface area contributed by atoms with Crippen LogP contribution in [0.2, 0.25) is 0 Å². The summed E-state index contributed by atoms with van der Waals surface area (Å²) >= 11 is 0. The number of nitrogens with zero attached hydrogens (tertiary/aromatic N) is 3. The number of aryl methyl sites for hydroxylation is 1. The quantitative estimate of drug-likeness (QED) is 0.448. The van der Waals surface area contributed by atoms with Crippen molar-refractivity contribution in [2.45, 2.75) is 43.9 Å². The molecule has 1 aromatic carbocycles. The van der Waals surface area contributed by atoms with Gasteiger partial charge in [-0.2, -0.15) is 18.4 Å². The van der Waals surface area contributed by atoms with Crippen LogP contribution in [-0.2, 0) is 10.1 Å². The third-order valence-corrected chi connectivity index (χ3v) is 6.12. The fraction of sp³-hybridized carbons (Fsp3) is 0.421. The predicted octanol–water partition coefficient (Wildman–Crippen LogP) is 3.64. The summed E-state index contributed by atoms with van der Waals surface area (Å²) in [5.41, 5.74) is 2.08. The zero-order valence-electron chi connectivity index (χ0n) is 16.1. The molecular formula is C19H24N6O3S. The van der Waals surface area contributed by atoms with Crippen molar-refractivity contribution < 1.29 is 13.0 Å². The maximum atomic E-state index is 11.8. The summed E-state index contributed by atoms with van der Waals surface area (Å²) < 4.78 is 33.1. The molecule has 154 valence electrons. The van der Waals surface area contributed by atoms with Gasteiger partial charge in [0.2, 0.25) is 5.95 Å². The number of benzene rings is 1. The van der Waals surface area contributed by atoms with Gasteiger partial charge in [-0.25, -0.2) is 4.98 Å². The standard InChI is InChI=1S/C19H24N6O3S/c1-12-7-8-14(15(9-12)29(26,27)28)23-19-24-17(16-18(25-19)22-11-21-16)20-10-13-5-3-2-4-6-13/h7-9,11,13H,2-6,10H2,1H3,(H,26,27,28)(H3,20,21,22,23,24,25).